The number of aliphatic hydroxyl groups excluding tert-OH is 2. The molecule has 0 bridgehead atoms. The highest BCUT2D eigenvalue weighted by molar-refractivity contribution is 6.43. The molecular formula is C29H34BNO7. The number of nitrogens with zero attached hydrogens (tertiary/aromatic N) is 1. The van der Waals surface area contributed by atoms with Gasteiger partial charge in [0.2, 0.25) is 11.8 Å². The van der Waals surface area contributed by atoms with Gasteiger partial charge in [-0.2, -0.15) is 0 Å². The molecule has 2 fully saturated rings. The van der Waals surface area contributed by atoms with Crippen LogP contribution in [0.3, 0.4) is 0 Å². The Labute approximate surface area is 222 Å². The van der Waals surface area contributed by atoms with E-state index >= 15 is 0 Å². The number of furan rings is 1. The Bertz CT molecular complexity index is 1240. The monoisotopic (exact) mass is 519 g/mol. The minimum absolute atomic E-state index is 0.157. The third-order valence-electron chi connectivity index (χ3n) is 8.00. The Kier molecular flexibility index (Phi) is 8.00. The second-order valence-corrected chi connectivity index (χ2v) is 10.4. The summed E-state index contributed by atoms with van der Waals surface area (Å²) in [5.41, 5.74) is 3.30. The van der Waals surface area contributed by atoms with Gasteiger partial charge in [0.15, 0.2) is 0 Å². The van der Waals surface area contributed by atoms with Crippen molar-refractivity contribution in [1.82, 2.24) is 0 Å². The minimum atomic E-state index is -1.06. The molecule has 2 aliphatic heterocycles. The van der Waals surface area contributed by atoms with Gasteiger partial charge >= 0.3 is 7.12 Å². The summed E-state index contributed by atoms with van der Waals surface area (Å²) in [6, 6.07) is 12.5. The first kappa shape index (κ1) is 26.6. The fraction of sp³-hybridized carbons (Fsp3) is 0.448. The molecule has 2 saturated heterocycles. The lowest BCUT2D eigenvalue weighted by molar-refractivity contribution is -0.122. The van der Waals surface area contributed by atoms with Crippen LogP contribution in [-0.2, 0) is 20.9 Å². The summed E-state index contributed by atoms with van der Waals surface area (Å²) in [4.78, 5) is 28.3. The molecule has 1 aromatic carbocycles. The topological polar surface area (TPSA) is 120 Å². The molecule has 0 unspecified atom stereocenters. The van der Waals surface area contributed by atoms with Crippen molar-refractivity contribution in [2.75, 3.05) is 11.5 Å². The largest absolute Gasteiger partial charge is 0.459 e. The lowest BCUT2D eigenvalue weighted by atomic mass is 9.58. The number of aliphatic hydroxyl groups is 2. The first-order valence-electron chi connectivity index (χ1n) is 13.4. The van der Waals surface area contributed by atoms with Crippen LogP contribution in [0.25, 0.3) is 6.08 Å². The number of carbonyl (C=O) groups excluding carboxylic acids is 2. The summed E-state index contributed by atoms with van der Waals surface area (Å²) in [5.74, 6) is -0.828. The Balaban J connectivity index is 1.41. The summed E-state index contributed by atoms with van der Waals surface area (Å²) >= 11 is 0. The van der Waals surface area contributed by atoms with Gasteiger partial charge in [-0.25, -0.2) is 0 Å². The molecule has 4 atom stereocenters. The van der Waals surface area contributed by atoms with Crippen LogP contribution >= 0.6 is 0 Å². The molecule has 38 heavy (non-hydrogen) atoms. The number of para-hydroxylation sites is 1. The molecule has 0 saturated carbocycles. The van der Waals surface area contributed by atoms with E-state index in [1.54, 1.807) is 30.3 Å². The fourth-order valence-corrected chi connectivity index (χ4v) is 6.41. The molecule has 0 spiro atoms. The van der Waals surface area contributed by atoms with Crippen LogP contribution in [0.15, 0.2) is 63.6 Å². The highest BCUT2D eigenvalue weighted by Gasteiger charge is 2.57. The van der Waals surface area contributed by atoms with Crippen LogP contribution < -0.4 is 4.90 Å². The van der Waals surface area contributed by atoms with Crippen LogP contribution in [0.5, 0.6) is 0 Å². The van der Waals surface area contributed by atoms with Gasteiger partial charge in [0.05, 0.1) is 30.2 Å². The molecule has 3 N–H and O–H groups in total. The second-order valence-electron chi connectivity index (χ2n) is 10.4. The molecule has 5 rings (SSSR count). The maximum Gasteiger partial charge on any atom is 0.455 e. The van der Waals surface area contributed by atoms with Crippen LogP contribution in [0.4, 0.5) is 5.69 Å². The van der Waals surface area contributed by atoms with Gasteiger partial charge < -0.3 is 24.3 Å². The molecule has 2 aromatic rings. The van der Waals surface area contributed by atoms with Gasteiger partial charge in [0.1, 0.15) is 18.1 Å². The quantitative estimate of drug-likeness (QED) is 0.262. The Morgan fingerprint density at radius 2 is 1.84 bits per heavy atom. The zero-order valence-electron chi connectivity index (χ0n) is 21.6. The first-order valence-corrected chi connectivity index (χ1v) is 13.4. The molecule has 3 heterocycles. The predicted molar refractivity (Wildman–Crippen MR) is 143 cm³/mol. The maximum atomic E-state index is 13.7. The third kappa shape index (κ3) is 5.03. The van der Waals surface area contributed by atoms with E-state index in [4.69, 9.17) is 9.07 Å². The van der Waals surface area contributed by atoms with Crippen LogP contribution in [0.2, 0.25) is 6.32 Å². The summed E-state index contributed by atoms with van der Waals surface area (Å²) < 4.78 is 11.6. The Morgan fingerprint density at radius 3 is 2.53 bits per heavy atom. The smallest absolute Gasteiger partial charge is 0.455 e. The molecule has 3 aliphatic rings. The fourth-order valence-electron chi connectivity index (χ4n) is 6.41. The average molecular weight is 519 g/mol. The number of fused-ring (bicyclic) bond motifs is 3. The van der Waals surface area contributed by atoms with Crippen molar-refractivity contribution in [2.24, 2.45) is 17.8 Å². The van der Waals surface area contributed by atoms with Gasteiger partial charge in [-0.3, -0.25) is 14.5 Å². The van der Waals surface area contributed by atoms with Crippen molar-refractivity contribution in [1.29, 1.82) is 0 Å². The lowest BCUT2D eigenvalue weighted by Gasteiger charge is -2.43. The van der Waals surface area contributed by atoms with Crippen molar-refractivity contribution in [3.05, 3.63) is 70.7 Å². The maximum absolute atomic E-state index is 13.7. The van der Waals surface area contributed by atoms with Crippen LogP contribution in [0, 0.1) is 17.8 Å². The number of anilines is 1. The van der Waals surface area contributed by atoms with E-state index in [1.807, 2.05) is 18.2 Å². The molecule has 1 aliphatic carbocycles. The molecule has 1 aromatic heterocycles. The standard InChI is InChI=1S/C29H34BNO7/c1-2-6-18(13-21-10-11-22(17-33)37-21)9-12-25-26-19(16-32)14-23-27(24(26)15-30(36)38-25)29(35)31(28(23)34)20-7-4-3-5-8-20/h3-5,7-8,10-11,13,23-25,27,32-33,36H,2,6,9,12,14-17H2,1H3/b18-13+/t23-,24+,25-,27-/m1/s1. The number of hydrogen-bond donors (Lipinski definition) is 3. The lowest BCUT2D eigenvalue weighted by Crippen LogP contribution is -2.46. The number of allylic oxidation sites excluding steroid dienone is 1. The first-order chi connectivity index (χ1) is 18.4. The second kappa shape index (κ2) is 11.4. The summed E-state index contributed by atoms with van der Waals surface area (Å²) in [6.45, 7) is 1.72. The van der Waals surface area contributed by atoms with Crippen molar-refractivity contribution in [3.8, 4) is 0 Å². The van der Waals surface area contributed by atoms with E-state index in [2.05, 4.69) is 6.92 Å². The van der Waals surface area contributed by atoms with Gasteiger partial charge in [0.25, 0.3) is 0 Å². The normalized spacial score (nSPS) is 25.7. The highest BCUT2D eigenvalue weighted by atomic mass is 16.5. The summed E-state index contributed by atoms with van der Waals surface area (Å²) in [7, 11) is -1.06. The Hall–Kier alpha value is -2.98. The Morgan fingerprint density at radius 1 is 1.05 bits per heavy atom. The number of rotatable bonds is 9. The summed E-state index contributed by atoms with van der Waals surface area (Å²) in [5, 5.41) is 30.3. The number of benzene rings is 1. The van der Waals surface area contributed by atoms with E-state index in [9.17, 15) is 24.8 Å². The number of carbonyl (C=O) groups is 2. The molecule has 8 nitrogen and oxygen atoms in total. The van der Waals surface area contributed by atoms with E-state index in [1.165, 1.54) is 4.90 Å². The minimum Gasteiger partial charge on any atom is -0.459 e. The average Bonchev–Trinajstić information content (AvgIpc) is 3.48. The van der Waals surface area contributed by atoms with Gasteiger partial charge in [-0.15, -0.1) is 0 Å². The zero-order chi connectivity index (χ0) is 26.8. The third-order valence-corrected chi connectivity index (χ3v) is 8.00. The van der Waals surface area contributed by atoms with E-state index in [0.717, 1.165) is 29.6 Å². The SMILES string of the molecule is CCC/C(=C\c1ccc(CO)o1)CC[C@H]1OB(O)C[C@H]2C1=C(CO)C[C@H]1C(=O)N(c3ccccc3)C(=O)[C@H]12. The number of amides is 2. The summed E-state index contributed by atoms with van der Waals surface area (Å²) in [6.07, 6.45) is 5.07. The zero-order valence-corrected chi connectivity index (χ0v) is 21.6. The van der Waals surface area contributed by atoms with Gasteiger partial charge in [-0.1, -0.05) is 37.1 Å². The van der Waals surface area contributed by atoms with E-state index in [0.29, 0.717) is 36.5 Å². The van der Waals surface area contributed by atoms with Crippen LogP contribution in [0.1, 0.15) is 50.5 Å². The molecular weight excluding hydrogens is 485 g/mol. The highest BCUT2D eigenvalue weighted by Crippen LogP contribution is 2.51. The van der Waals surface area contributed by atoms with Crippen molar-refractivity contribution in [2.45, 2.75) is 58.1 Å². The van der Waals surface area contributed by atoms with E-state index in [-0.39, 0.29) is 37.3 Å². The van der Waals surface area contributed by atoms with Crippen molar-refractivity contribution >= 4 is 30.7 Å². The molecule has 0 radical (unpaired) electrons. The number of hydrogen-bond acceptors (Lipinski definition) is 7. The van der Waals surface area contributed by atoms with Crippen molar-refractivity contribution < 1.29 is 33.9 Å². The molecule has 200 valence electrons. The molecule has 2 amide bonds. The predicted octanol–water partition coefficient (Wildman–Crippen LogP) is 3.73. The van der Waals surface area contributed by atoms with Crippen LogP contribution in [-0.4, -0.2) is 46.9 Å². The van der Waals surface area contributed by atoms with E-state index < -0.39 is 25.1 Å². The van der Waals surface area contributed by atoms with Gasteiger partial charge in [0, 0.05) is 0 Å². The van der Waals surface area contributed by atoms with Crippen molar-refractivity contribution in [3.63, 3.8) is 0 Å². The molecule has 9 heteroatoms. The number of imide groups is 1. The van der Waals surface area contributed by atoms with Gasteiger partial charge in [-0.05, 0) is 79.4 Å².